The Balaban J connectivity index is 2.71. The Morgan fingerprint density at radius 2 is 2.00 bits per heavy atom. The average molecular weight is 245 g/mol. The molecular weight excluding hydrogens is 230 g/mol. The highest BCUT2D eigenvalue weighted by Gasteiger charge is 2.16. The van der Waals surface area contributed by atoms with E-state index < -0.39 is 5.91 Å². The standard InChI is InChI=1S/C12H15N5O/c1-6-7(2)16-17(8(6)3)12-10(11(14)18)4-9(13)5-15-12/h4-5H,13H2,1-3H3,(H2,14,18). The van der Waals surface area contributed by atoms with E-state index >= 15 is 0 Å². The molecule has 0 aliphatic rings. The molecule has 94 valence electrons. The lowest BCUT2D eigenvalue weighted by Crippen LogP contribution is -2.17. The van der Waals surface area contributed by atoms with E-state index in [1.54, 1.807) is 4.68 Å². The number of pyridine rings is 1. The second kappa shape index (κ2) is 4.14. The normalized spacial score (nSPS) is 10.6. The van der Waals surface area contributed by atoms with Gasteiger partial charge in [-0.3, -0.25) is 4.79 Å². The van der Waals surface area contributed by atoms with Gasteiger partial charge in [-0.05, 0) is 32.4 Å². The SMILES string of the molecule is Cc1nn(-c2ncc(N)cc2C(N)=O)c(C)c1C. The van der Waals surface area contributed by atoms with Gasteiger partial charge in [-0.2, -0.15) is 5.10 Å². The van der Waals surface area contributed by atoms with Gasteiger partial charge in [-0.15, -0.1) is 0 Å². The molecule has 1 amide bonds. The van der Waals surface area contributed by atoms with Crippen molar-refractivity contribution < 1.29 is 4.79 Å². The van der Waals surface area contributed by atoms with Gasteiger partial charge >= 0.3 is 0 Å². The number of nitrogen functional groups attached to an aromatic ring is 1. The van der Waals surface area contributed by atoms with Crippen LogP contribution in [0.15, 0.2) is 12.3 Å². The number of rotatable bonds is 2. The fourth-order valence-electron chi connectivity index (χ4n) is 1.75. The number of carbonyl (C=O) groups is 1. The van der Waals surface area contributed by atoms with Crippen LogP contribution in [-0.2, 0) is 0 Å². The first kappa shape index (κ1) is 12.1. The molecule has 0 spiro atoms. The summed E-state index contributed by atoms with van der Waals surface area (Å²) in [6.07, 6.45) is 1.48. The molecule has 0 saturated carbocycles. The van der Waals surface area contributed by atoms with Crippen LogP contribution in [0.2, 0.25) is 0 Å². The first-order valence-corrected chi connectivity index (χ1v) is 5.50. The number of hydrogen-bond donors (Lipinski definition) is 2. The van der Waals surface area contributed by atoms with Crippen LogP contribution in [0.5, 0.6) is 0 Å². The van der Waals surface area contributed by atoms with Crippen molar-refractivity contribution in [3.05, 3.63) is 34.8 Å². The summed E-state index contributed by atoms with van der Waals surface area (Å²) in [5.41, 5.74) is 14.5. The summed E-state index contributed by atoms with van der Waals surface area (Å²) in [6, 6.07) is 1.51. The highest BCUT2D eigenvalue weighted by atomic mass is 16.1. The molecule has 0 fully saturated rings. The minimum absolute atomic E-state index is 0.264. The Kier molecular flexibility index (Phi) is 2.78. The van der Waals surface area contributed by atoms with Crippen LogP contribution in [0.25, 0.3) is 5.82 Å². The van der Waals surface area contributed by atoms with Crippen molar-refractivity contribution in [2.45, 2.75) is 20.8 Å². The molecule has 0 saturated heterocycles. The molecule has 2 rings (SSSR count). The monoisotopic (exact) mass is 245 g/mol. The first-order chi connectivity index (χ1) is 8.41. The van der Waals surface area contributed by atoms with Gasteiger partial charge < -0.3 is 11.5 Å². The van der Waals surface area contributed by atoms with Gasteiger partial charge in [0.25, 0.3) is 5.91 Å². The smallest absolute Gasteiger partial charge is 0.252 e. The molecule has 0 aliphatic heterocycles. The molecule has 6 heteroatoms. The van der Waals surface area contributed by atoms with Gasteiger partial charge in [0.15, 0.2) is 5.82 Å². The molecule has 2 aromatic rings. The molecule has 0 aliphatic carbocycles. The Bertz CT molecular complexity index is 630. The van der Waals surface area contributed by atoms with Gasteiger partial charge in [0.05, 0.1) is 23.1 Å². The molecule has 18 heavy (non-hydrogen) atoms. The van der Waals surface area contributed by atoms with E-state index in [0.717, 1.165) is 17.0 Å². The largest absolute Gasteiger partial charge is 0.397 e. The van der Waals surface area contributed by atoms with E-state index in [4.69, 9.17) is 11.5 Å². The summed E-state index contributed by atoms with van der Waals surface area (Å²) in [5, 5.41) is 4.36. The van der Waals surface area contributed by atoms with Gasteiger partial charge in [0, 0.05) is 5.69 Å². The van der Waals surface area contributed by atoms with E-state index in [1.807, 2.05) is 20.8 Å². The molecule has 2 heterocycles. The van der Waals surface area contributed by atoms with E-state index in [0.29, 0.717) is 11.5 Å². The average Bonchev–Trinajstić information content (AvgIpc) is 2.57. The number of aryl methyl sites for hydroxylation is 1. The van der Waals surface area contributed by atoms with Gasteiger partial charge in [-0.25, -0.2) is 9.67 Å². The predicted octanol–water partition coefficient (Wildman–Crippen LogP) is 0.874. The molecule has 0 aromatic carbocycles. The lowest BCUT2D eigenvalue weighted by Gasteiger charge is -2.08. The van der Waals surface area contributed by atoms with Gasteiger partial charge in [0.1, 0.15) is 0 Å². The molecule has 4 N–H and O–H groups in total. The fraction of sp³-hybridized carbons (Fsp3) is 0.250. The summed E-state index contributed by atoms with van der Waals surface area (Å²) in [5.74, 6) is -0.166. The van der Waals surface area contributed by atoms with Crippen LogP contribution in [0.4, 0.5) is 5.69 Å². The Morgan fingerprint density at radius 1 is 1.33 bits per heavy atom. The number of hydrogen-bond acceptors (Lipinski definition) is 4. The second-order valence-electron chi connectivity index (χ2n) is 4.21. The van der Waals surface area contributed by atoms with E-state index in [1.165, 1.54) is 12.3 Å². The third-order valence-corrected chi connectivity index (χ3v) is 3.01. The third kappa shape index (κ3) is 1.81. The van der Waals surface area contributed by atoms with Crippen molar-refractivity contribution >= 4 is 11.6 Å². The molecule has 6 nitrogen and oxygen atoms in total. The van der Waals surface area contributed by atoms with Crippen molar-refractivity contribution in [2.24, 2.45) is 5.73 Å². The molecule has 0 radical (unpaired) electrons. The zero-order valence-corrected chi connectivity index (χ0v) is 10.6. The van der Waals surface area contributed by atoms with Crippen molar-refractivity contribution in [1.82, 2.24) is 14.8 Å². The lowest BCUT2D eigenvalue weighted by atomic mass is 10.2. The number of aromatic nitrogens is 3. The van der Waals surface area contributed by atoms with Crippen LogP contribution < -0.4 is 11.5 Å². The van der Waals surface area contributed by atoms with Crippen molar-refractivity contribution in [1.29, 1.82) is 0 Å². The summed E-state index contributed by atoms with van der Waals surface area (Å²) < 4.78 is 1.62. The van der Waals surface area contributed by atoms with Crippen LogP contribution >= 0.6 is 0 Å². The first-order valence-electron chi connectivity index (χ1n) is 5.50. The zero-order valence-electron chi connectivity index (χ0n) is 10.6. The zero-order chi connectivity index (χ0) is 13.4. The summed E-state index contributed by atoms with van der Waals surface area (Å²) in [4.78, 5) is 15.6. The number of nitrogens with two attached hydrogens (primary N) is 2. The molecule has 2 aromatic heterocycles. The van der Waals surface area contributed by atoms with Crippen LogP contribution in [0.1, 0.15) is 27.3 Å². The number of nitrogens with zero attached hydrogens (tertiary/aromatic N) is 3. The minimum Gasteiger partial charge on any atom is -0.397 e. The van der Waals surface area contributed by atoms with E-state index in [2.05, 4.69) is 10.1 Å². The van der Waals surface area contributed by atoms with Crippen LogP contribution in [-0.4, -0.2) is 20.7 Å². The summed E-state index contributed by atoms with van der Waals surface area (Å²) >= 11 is 0. The van der Waals surface area contributed by atoms with Gasteiger partial charge in [-0.1, -0.05) is 0 Å². The number of amides is 1. The predicted molar refractivity (Wildman–Crippen MR) is 68.5 cm³/mol. The summed E-state index contributed by atoms with van der Waals surface area (Å²) in [6.45, 7) is 5.79. The van der Waals surface area contributed by atoms with Gasteiger partial charge in [0.2, 0.25) is 0 Å². The Hall–Kier alpha value is -2.37. The van der Waals surface area contributed by atoms with E-state index in [-0.39, 0.29) is 5.56 Å². The third-order valence-electron chi connectivity index (χ3n) is 3.01. The number of primary amides is 1. The van der Waals surface area contributed by atoms with Crippen molar-refractivity contribution in [2.75, 3.05) is 5.73 Å². The minimum atomic E-state index is -0.574. The van der Waals surface area contributed by atoms with Crippen molar-refractivity contribution in [3.8, 4) is 5.82 Å². The Labute approximate surface area is 105 Å². The number of carbonyl (C=O) groups excluding carboxylic acids is 1. The topological polar surface area (TPSA) is 99.8 Å². The molecule has 0 bridgehead atoms. The Morgan fingerprint density at radius 3 is 2.50 bits per heavy atom. The number of anilines is 1. The van der Waals surface area contributed by atoms with Crippen LogP contribution in [0, 0.1) is 20.8 Å². The van der Waals surface area contributed by atoms with E-state index in [9.17, 15) is 4.79 Å². The fourth-order valence-corrected chi connectivity index (χ4v) is 1.75. The maximum Gasteiger partial charge on any atom is 0.252 e. The molecule has 0 unspecified atom stereocenters. The molecular formula is C12H15N5O. The highest BCUT2D eigenvalue weighted by molar-refractivity contribution is 5.96. The summed E-state index contributed by atoms with van der Waals surface area (Å²) in [7, 11) is 0. The quantitative estimate of drug-likeness (QED) is 0.820. The lowest BCUT2D eigenvalue weighted by molar-refractivity contribution is 0.1000. The highest BCUT2D eigenvalue weighted by Crippen LogP contribution is 2.19. The second-order valence-corrected chi connectivity index (χ2v) is 4.21. The maximum absolute atomic E-state index is 11.4. The van der Waals surface area contributed by atoms with Crippen molar-refractivity contribution in [3.63, 3.8) is 0 Å². The van der Waals surface area contributed by atoms with Crippen LogP contribution in [0.3, 0.4) is 0 Å². The maximum atomic E-state index is 11.4. The molecule has 0 atom stereocenters.